The molecule has 0 fully saturated rings. The molecule has 1 rings (SSSR count). The molecule has 0 spiro atoms. The van der Waals surface area contributed by atoms with Gasteiger partial charge in [-0.2, -0.15) is 0 Å². The molecule has 0 amide bonds. The molecule has 0 aliphatic rings. The molecule has 3 nitrogen and oxygen atoms in total. The molecular weight excluding hydrogens is 245 g/mol. The lowest BCUT2D eigenvalue weighted by atomic mass is 10.2. The van der Waals surface area contributed by atoms with E-state index in [4.69, 9.17) is 28.3 Å². The highest BCUT2D eigenvalue weighted by Gasteiger charge is 2.22. The zero-order valence-electron chi connectivity index (χ0n) is 7.37. The van der Waals surface area contributed by atoms with Gasteiger partial charge in [-0.1, -0.05) is 29.3 Å². The monoisotopic (exact) mass is 253 g/mol. The molecule has 0 radical (unpaired) electrons. The van der Waals surface area contributed by atoms with Crippen molar-refractivity contribution in [3.63, 3.8) is 0 Å². The summed E-state index contributed by atoms with van der Waals surface area (Å²) in [7, 11) is -3.67. The number of hydrogen-bond donors (Lipinski definition) is 1. The quantitative estimate of drug-likeness (QED) is 0.880. The van der Waals surface area contributed by atoms with Crippen LogP contribution < -0.4 is 5.14 Å². The lowest BCUT2D eigenvalue weighted by Gasteiger charge is -2.12. The lowest BCUT2D eigenvalue weighted by Crippen LogP contribution is -2.19. The van der Waals surface area contributed by atoms with Crippen molar-refractivity contribution in [2.75, 3.05) is 0 Å². The Labute approximate surface area is 92.9 Å². The third-order valence-electron chi connectivity index (χ3n) is 1.90. The second-order valence-corrected chi connectivity index (χ2v) is 5.57. The number of nitrogens with two attached hydrogens (primary N) is 1. The van der Waals surface area contributed by atoms with Crippen molar-refractivity contribution in [2.45, 2.75) is 12.2 Å². The molecule has 0 saturated carbocycles. The Morgan fingerprint density at radius 1 is 1.29 bits per heavy atom. The molecular formula is C8H9Cl2NO2S. The maximum Gasteiger partial charge on any atom is 0.215 e. The number of hydrogen-bond acceptors (Lipinski definition) is 2. The van der Waals surface area contributed by atoms with E-state index in [0.29, 0.717) is 15.6 Å². The maximum atomic E-state index is 11.1. The van der Waals surface area contributed by atoms with Gasteiger partial charge in [0.1, 0.15) is 5.25 Å². The molecule has 0 aliphatic heterocycles. The average Bonchev–Trinajstić information content (AvgIpc) is 2.01. The van der Waals surface area contributed by atoms with E-state index < -0.39 is 15.3 Å². The van der Waals surface area contributed by atoms with Gasteiger partial charge in [0.25, 0.3) is 0 Å². The number of benzene rings is 1. The van der Waals surface area contributed by atoms with Crippen LogP contribution in [0.15, 0.2) is 18.2 Å². The van der Waals surface area contributed by atoms with Crippen molar-refractivity contribution >= 4 is 33.2 Å². The van der Waals surface area contributed by atoms with Gasteiger partial charge in [0.2, 0.25) is 10.0 Å². The molecule has 6 heteroatoms. The Morgan fingerprint density at radius 3 is 2.07 bits per heavy atom. The van der Waals surface area contributed by atoms with Gasteiger partial charge in [0.15, 0.2) is 0 Å². The van der Waals surface area contributed by atoms with Gasteiger partial charge in [-0.25, -0.2) is 13.6 Å². The largest absolute Gasteiger partial charge is 0.228 e. The minimum Gasteiger partial charge on any atom is -0.228 e. The Kier molecular flexibility index (Phi) is 3.42. The third-order valence-corrected chi connectivity index (χ3v) is 3.78. The van der Waals surface area contributed by atoms with Crippen molar-refractivity contribution in [1.82, 2.24) is 0 Å². The zero-order valence-corrected chi connectivity index (χ0v) is 9.70. The van der Waals surface area contributed by atoms with Crippen LogP contribution in [0.1, 0.15) is 17.7 Å². The third kappa shape index (κ3) is 2.39. The van der Waals surface area contributed by atoms with Gasteiger partial charge < -0.3 is 0 Å². The standard InChI is InChI=1S/C8H9Cl2NO2S/c1-5(14(11,12)13)8-6(9)3-2-4-7(8)10/h2-5H,1H3,(H2,11,12,13)/t5-/m0/s1. The van der Waals surface area contributed by atoms with Gasteiger partial charge >= 0.3 is 0 Å². The first-order chi connectivity index (χ1) is 6.34. The van der Waals surface area contributed by atoms with E-state index in [1.807, 2.05) is 0 Å². The van der Waals surface area contributed by atoms with Crippen molar-refractivity contribution in [2.24, 2.45) is 5.14 Å². The molecule has 78 valence electrons. The van der Waals surface area contributed by atoms with Gasteiger partial charge in [0.05, 0.1) is 0 Å². The summed E-state index contributed by atoms with van der Waals surface area (Å²) in [5.74, 6) is 0. The highest BCUT2D eigenvalue weighted by Crippen LogP contribution is 2.33. The van der Waals surface area contributed by atoms with E-state index in [1.54, 1.807) is 18.2 Å². The topological polar surface area (TPSA) is 60.2 Å². The van der Waals surface area contributed by atoms with Crippen LogP contribution in [0.3, 0.4) is 0 Å². The Hall–Kier alpha value is -0.290. The number of halogens is 2. The van der Waals surface area contributed by atoms with E-state index >= 15 is 0 Å². The summed E-state index contributed by atoms with van der Waals surface area (Å²) in [6, 6.07) is 4.79. The maximum absolute atomic E-state index is 11.1. The van der Waals surface area contributed by atoms with Gasteiger partial charge in [-0.05, 0) is 19.1 Å². The van der Waals surface area contributed by atoms with Crippen molar-refractivity contribution in [3.05, 3.63) is 33.8 Å². The summed E-state index contributed by atoms with van der Waals surface area (Å²) in [5.41, 5.74) is 0.346. The first-order valence-electron chi connectivity index (χ1n) is 3.79. The second-order valence-electron chi connectivity index (χ2n) is 2.87. The minimum absolute atomic E-state index is 0.305. The highest BCUT2D eigenvalue weighted by atomic mass is 35.5. The second kappa shape index (κ2) is 4.06. The van der Waals surface area contributed by atoms with Crippen LogP contribution in [-0.2, 0) is 10.0 Å². The zero-order chi connectivity index (χ0) is 10.9. The Balaban J connectivity index is 3.33. The SMILES string of the molecule is C[C@@H](c1c(Cl)cccc1Cl)S(N)(=O)=O. The summed E-state index contributed by atoms with van der Waals surface area (Å²) >= 11 is 11.7. The smallest absolute Gasteiger partial charge is 0.215 e. The van der Waals surface area contributed by atoms with Crippen LogP contribution in [0.2, 0.25) is 10.0 Å². The fraction of sp³-hybridized carbons (Fsp3) is 0.250. The van der Waals surface area contributed by atoms with E-state index in [2.05, 4.69) is 0 Å². The molecule has 2 N–H and O–H groups in total. The number of rotatable bonds is 2. The van der Waals surface area contributed by atoms with Crippen LogP contribution in [0.4, 0.5) is 0 Å². The van der Waals surface area contributed by atoms with Crippen LogP contribution in [0.25, 0.3) is 0 Å². The summed E-state index contributed by atoms with van der Waals surface area (Å²) in [6.07, 6.45) is 0. The molecule has 0 saturated heterocycles. The summed E-state index contributed by atoms with van der Waals surface area (Å²) < 4.78 is 22.2. The predicted octanol–water partition coefficient (Wildman–Crippen LogP) is 2.34. The van der Waals surface area contributed by atoms with Crippen LogP contribution in [0, 0.1) is 0 Å². The molecule has 1 aromatic carbocycles. The number of primary sulfonamides is 1. The fourth-order valence-corrected chi connectivity index (χ4v) is 2.50. The van der Waals surface area contributed by atoms with Gasteiger partial charge in [0, 0.05) is 15.6 Å². The van der Waals surface area contributed by atoms with Crippen molar-refractivity contribution in [3.8, 4) is 0 Å². The first kappa shape index (κ1) is 11.8. The molecule has 0 heterocycles. The highest BCUT2D eigenvalue weighted by molar-refractivity contribution is 7.89. The molecule has 0 aliphatic carbocycles. The first-order valence-corrected chi connectivity index (χ1v) is 6.16. The van der Waals surface area contributed by atoms with Crippen LogP contribution in [-0.4, -0.2) is 8.42 Å². The molecule has 1 atom stereocenters. The van der Waals surface area contributed by atoms with Crippen molar-refractivity contribution in [1.29, 1.82) is 0 Å². The van der Waals surface area contributed by atoms with Gasteiger partial charge in [-0.15, -0.1) is 0 Å². The Bertz CT molecular complexity index is 424. The minimum atomic E-state index is -3.67. The van der Waals surface area contributed by atoms with Gasteiger partial charge in [-0.3, -0.25) is 0 Å². The summed E-state index contributed by atoms with van der Waals surface area (Å²) in [4.78, 5) is 0. The van der Waals surface area contributed by atoms with Crippen molar-refractivity contribution < 1.29 is 8.42 Å². The van der Waals surface area contributed by atoms with Crippen LogP contribution >= 0.6 is 23.2 Å². The normalized spacial score (nSPS) is 14.0. The van der Waals surface area contributed by atoms with E-state index in [-0.39, 0.29) is 0 Å². The molecule has 14 heavy (non-hydrogen) atoms. The summed E-state index contributed by atoms with van der Waals surface area (Å²) in [6.45, 7) is 1.45. The fourth-order valence-electron chi connectivity index (χ4n) is 1.06. The molecule has 0 unspecified atom stereocenters. The molecule has 0 aromatic heterocycles. The van der Waals surface area contributed by atoms with E-state index in [1.165, 1.54) is 6.92 Å². The Morgan fingerprint density at radius 2 is 1.71 bits per heavy atom. The van der Waals surface area contributed by atoms with E-state index in [9.17, 15) is 8.42 Å². The van der Waals surface area contributed by atoms with E-state index in [0.717, 1.165) is 0 Å². The molecule has 1 aromatic rings. The van der Waals surface area contributed by atoms with Crippen LogP contribution in [0.5, 0.6) is 0 Å². The number of sulfonamides is 1. The lowest BCUT2D eigenvalue weighted by molar-refractivity contribution is 0.588. The molecule has 0 bridgehead atoms. The average molecular weight is 254 g/mol. The predicted molar refractivity (Wildman–Crippen MR) is 58.0 cm³/mol. The summed E-state index contributed by atoms with van der Waals surface area (Å²) in [5, 5.41) is 4.71.